The van der Waals surface area contributed by atoms with Crippen LogP contribution in [-0.4, -0.2) is 35.5 Å². The van der Waals surface area contributed by atoms with Gasteiger partial charge in [-0.15, -0.1) is 11.3 Å². The molecule has 2 heterocycles. The van der Waals surface area contributed by atoms with E-state index in [0.717, 1.165) is 25.3 Å². The average Bonchev–Trinajstić information content (AvgIpc) is 3.01. The minimum Gasteiger partial charge on any atom is -0.435 e. The summed E-state index contributed by atoms with van der Waals surface area (Å²) in [6.07, 6.45) is 2.47. The van der Waals surface area contributed by atoms with Crippen LogP contribution in [0.5, 0.6) is 5.75 Å². The van der Waals surface area contributed by atoms with Crippen molar-refractivity contribution in [2.45, 2.75) is 32.9 Å². The van der Waals surface area contributed by atoms with Gasteiger partial charge >= 0.3 is 6.61 Å². The molecule has 1 atom stereocenters. The molecule has 0 saturated carbocycles. The fourth-order valence-electron chi connectivity index (χ4n) is 3.08. The number of likely N-dealkylation sites (tertiary alicyclic amines) is 1. The zero-order valence-corrected chi connectivity index (χ0v) is 15.3. The largest absolute Gasteiger partial charge is 0.435 e. The van der Waals surface area contributed by atoms with Gasteiger partial charge in [0.25, 0.3) is 5.91 Å². The summed E-state index contributed by atoms with van der Waals surface area (Å²) in [5.41, 5.74) is 1.17. The SMILES string of the molecule is CC1CCCN(Cc2csc(NC(=O)c3cccc(OC(F)F)c3)n2)C1. The lowest BCUT2D eigenvalue weighted by Crippen LogP contribution is -2.33. The van der Waals surface area contributed by atoms with E-state index in [0.29, 0.717) is 11.0 Å². The molecule has 1 aromatic heterocycles. The van der Waals surface area contributed by atoms with Gasteiger partial charge in [0.1, 0.15) is 5.75 Å². The second-order valence-electron chi connectivity index (χ2n) is 6.49. The lowest BCUT2D eigenvalue weighted by molar-refractivity contribution is -0.0498. The van der Waals surface area contributed by atoms with Gasteiger partial charge in [-0.1, -0.05) is 13.0 Å². The third-order valence-corrected chi connectivity index (χ3v) is 5.03. The van der Waals surface area contributed by atoms with E-state index in [-0.39, 0.29) is 11.3 Å². The van der Waals surface area contributed by atoms with E-state index >= 15 is 0 Å². The molecule has 0 radical (unpaired) electrons. The zero-order chi connectivity index (χ0) is 18.5. The maximum atomic E-state index is 12.3. The monoisotopic (exact) mass is 381 g/mol. The van der Waals surface area contributed by atoms with E-state index in [9.17, 15) is 13.6 Å². The number of thiazole rings is 1. The highest BCUT2D eigenvalue weighted by atomic mass is 32.1. The first-order valence-corrected chi connectivity index (χ1v) is 9.40. The van der Waals surface area contributed by atoms with Crippen LogP contribution in [-0.2, 0) is 6.54 Å². The van der Waals surface area contributed by atoms with Crippen molar-refractivity contribution in [3.8, 4) is 5.75 Å². The molecule has 8 heteroatoms. The molecule has 140 valence electrons. The molecule has 3 rings (SSSR count). The first-order chi connectivity index (χ1) is 12.5. The van der Waals surface area contributed by atoms with Gasteiger partial charge < -0.3 is 4.74 Å². The molecule has 1 unspecified atom stereocenters. The maximum absolute atomic E-state index is 12.3. The van der Waals surface area contributed by atoms with Crippen molar-refractivity contribution < 1.29 is 18.3 Å². The first kappa shape index (κ1) is 18.7. The molecule has 0 aliphatic carbocycles. The molecule has 1 fully saturated rings. The smallest absolute Gasteiger partial charge is 0.387 e. The maximum Gasteiger partial charge on any atom is 0.387 e. The number of nitrogens with zero attached hydrogens (tertiary/aromatic N) is 2. The summed E-state index contributed by atoms with van der Waals surface area (Å²) < 4.78 is 28.9. The van der Waals surface area contributed by atoms with Crippen LogP contribution in [0.2, 0.25) is 0 Å². The topological polar surface area (TPSA) is 54.5 Å². The predicted octanol–water partition coefficient (Wildman–Crippen LogP) is 4.23. The molecule has 2 aromatic rings. The van der Waals surface area contributed by atoms with Crippen LogP contribution < -0.4 is 10.1 Å². The minimum atomic E-state index is -2.92. The Labute approximate surface area is 155 Å². The Morgan fingerprint density at radius 1 is 1.50 bits per heavy atom. The molecule has 26 heavy (non-hydrogen) atoms. The van der Waals surface area contributed by atoms with Crippen molar-refractivity contribution in [1.29, 1.82) is 0 Å². The summed E-state index contributed by atoms with van der Waals surface area (Å²) in [6, 6.07) is 5.70. The number of carbonyl (C=O) groups is 1. The predicted molar refractivity (Wildman–Crippen MR) is 96.8 cm³/mol. The number of alkyl halides is 2. The minimum absolute atomic E-state index is 0.0494. The number of hydrogen-bond acceptors (Lipinski definition) is 5. The number of halogens is 2. The third-order valence-electron chi connectivity index (χ3n) is 4.22. The van der Waals surface area contributed by atoms with Crippen LogP contribution in [0.1, 0.15) is 35.8 Å². The second-order valence-corrected chi connectivity index (χ2v) is 7.35. The summed E-state index contributed by atoms with van der Waals surface area (Å²) in [7, 11) is 0. The van der Waals surface area contributed by atoms with E-state index in [1.54, 1.807) is 0 Å². The van der Waals surface area contributed by atoms with Crippen molar-refractivity contribution in [3.05, 3.63) is 40.9 Å². The van der Waals surface area contributed by atoms with Crippen molar-refractivity contribution >= 4 is 22.4 Å². The number of ether oxygens (including phenoxy) is 1. The van der Waals surface area contributed by atoms with E-state index in [1.807, 2.05) is 5.38 Å². The molecule has 0 bridgehead atoms. The number of piperidine rings is 1. The number of aromatic nitrogens is 1. The normalized spacial score (nSPS) is 18.1. The van der Waals surface area contributed by atoms with Gasteiger partial charge in [0.05, 0.1) is 5.69 Å². The summed E-state index contributed by atoms with van der Waals surface area (Å²) >= 11 is 1.36. The van der Waals surface area contributed by atoms with Crippen molar-refractivity contribution in [3.63, 3.8) is 0 Å². The van der Waals surface area contributed by atoms with Crippen molar-refractivity contribution in [1.82, 2.24) is 9.88 Å². The van der Waals surface area contributed by atoms with E-state index in [4.69, 9.17) is 0 Å². The zero-order valence-electron chi connectivity index (χ0n) is 14.5. The second kappa shape index (κ2) is 8.55. The summed E-state index contributed by atoms with van der Waals surface area (Å²) in [6.45, 7) is 2.24. The number of anilines is 1. The van der Waals surface area contributed by atoms with Crippen LogP contribution >= 0.6 is 11.3 Å². The number of carbonyl (C=O) groups excluding carboxylic acids is 1. The van der Waals surface area contributed by atoms with Gasteiger partial charge in [-0.25, -0.2) is 4.98 Å². The number of nitrogens with one attached hydrogen (secondary N) is 1. The van der Waals surface area contributed by atoms with E-state index < -0.39 is 12.5 Å². The van der Waals surface area contributed by atoms with Crippen molar-refractivity contribution in [2.24, 2.45) is 5.92 Å². The van der Waals surface area contributed by atoms with Gasteiger partial charge in [0.15, 0.2) is 5.13 Å². The Kier molecular flexibility index (Phi) is 6.16. The summed E-state index contributed by atoms with van der Waals surface area (Å²) in [4.78, 5) is 19.1. The highest BCUT2D eigenvalue weighted by molar-refractivity contribution is 7.13. The highest BCUT2D eigenvalue weighted by Gasteiger charge is 2.18. The Balaban J connectivity index is 1.59. The molecule has 1 aromatic carbocycles. The standard InChI is InChI=1S/C18H21F2N3O2S/c1-12-4-3-7-23(9-12)10-14-11-26-18(21-14)22-16(24)13-5-2-6-15(8-13)25-17(19)20/h2,5-6,8,11-12,17H,3-4,7,9-10H2,1H3,(H,21,22,24). The Morgan fingerprint density at radius 3 is 3.12 bits per heavy atom. The van der Waals surface area contributed by atoms with Gasteiger partial charge in [-0.3, -0.25) is 15.0 Å². The number of hydrogen-bond donors (Lipinski definition) is 1. The quantitative estimate of drug-likeness (QED) is 0.814. The molecule has 5 nitrogen and oxygen atoms in total. The molecule has 1 aliphatic heterocycles. The van der Waals surface area contributed by atoms with Crippen LogP contribution in [0.4, 0.5) is 13.9 Å². The van der Waals surface area contributed by atoms with E-state index in [2.05, 4.69) is 26.9 Å². The molecule has 0 spiro atoms. The number of amides is 1. The number of rotatable bonds is 6. The number of benzene rings is 1. The van der Waals surface area contributed by atoms with Crippen LogP contribution in [0, 0.1) is 5.92 Å². The van der Waals surface area contributed by atoms with Crippen molar-refractivity contribution in [2.75, 3.05) is 18.4 Å². The fourth-order valence-corrected chi connectivity index (χ4v) is 3.78. The van der Waals surface area contributed by atoms with Crippen LogP contribution in [0.3, 0.4) is 0 Å². The highest BCUT2D eigenvalue weighted by Crippen LogP contribution is 2.22. The Morgan fingerprint density at radius 2 is 2.35 bits per heavy atom. The van der Waals surface area contributed by atoms with Gasteiger partial charge in [-0.05, 0) is 43.5 Å². The molecule has 1 amide bonds. The van der Waals surface area contributed by atoms with Gasteiger partial charge in [-0.2, -0.15) is 8.78 Å². The molecule has 1 aliphatic rings. The lowest BCUT2D eigenvalue weighted by atomic mass is 10.0. The fraction of sp³-hybridized carbons (Fsp3) is 0.444. The van der Waals surface area contributed by atoms with Gasteiger partial charge in [0.2, 0.25) is 0 Å². The molecule has 1 saturated heterocycles. The Hall–Kier alpha value is -2.06. The Bertz CT molecular complexity index is 754. The van der Waals surface area contributed by atoms with Gasteiger partial charge in [0, 0.05) is 24.0 Å². The third kappa shape index (κ3) is 5.22. The van der Waals surface area contributed by atoms with Crippen LogP contribution in [0.15, 0.2) is 29.6 Å². The van der Waals surface area contributed by atoms with E-state index in [1.165, 1.54) is 48.4 Å². The summed E-state index contributed by atoms with van der Waals surface area (Å²) in [5.74, 6) is 0.244. The molecule has 1 N–H and O–H groups in total. The summed E-state index contributed by atoms with van der Waals surface area (Å²) in [5, 5.41) is 5.14. The van der Waals surface area contributed by atoms with Crippen LogP contribution in [0.25, 0.3) is 0 Å². The molecular formula is C18H21F2N3O2S. The first-order valence-electron chi connectivity index (χ1n) is 8.52. The molecular weight excluding hydrogens is 360 g/mol. The lowest BCUT2D eigenvalue weighted by Gasteiger charge is -2.30. The average molecular weight is 381 g/mol.